The summed E-state index contributed by atoms with van der Waals surface area (Å²) in [4.78, 5) is 0. The lowest BCUT2D eigenvalue weighted by molar-refractivity contribution is 0.0862. The molecule has 3 aliphatic rings. The van der Waals surface area contributed by atoms with E-state index in [1.165, 1.54) is 18.4 Å². The number of benzene rings is 1. The Bertz CT molecular complexity index is 972. The van der Waals surface area contributed by atoms with Crippen LogP contribution in [0.3, 0.4) is 0 Å². The maximum Gasteiger partial charge on any atom is 0.0811 e. The van der Waals surface area contributed by atoms with E-state index in [1.807, 2.05) is 24.3 Å². The zero-order chi connectivity index (χ0) is 22.9. The van der Waals surface area contributed by atoms with Gasteiger partial charge in [0.1, 0.15) is 0 Å². The van der Waals surface area contributed by atoms with Crippen LogP contribution >= 0.6 is 0 Å². The maximum atomic E-state index is 10.1. The Kier molecular flexibility index (Phi) is 6.77. The molecule has 170 valence electrons. The van der Waals surface area contributed by atoms with Gasteiger partial charge < -0.3 is 15.3 Å². The van der Waals surface area contributed by atoms with Crippen molar-refractivity contribution >= 4 is 0 Å². The van der Waals surface area contributed by atoms with Crippen molar-refractivity contribution in [1.82, 2.24) is 0 Å². The first kappa shape index (κ1) is 23.1. The lowest BCUT2D eigenvalue weighted by Crippen LogP contribution is -2.32. The van der Waals surface area contributed by atoms with E-state index in [-0.39, 0.29) is 5.41 Å². The number of hydrogen-bond acceptors (Lipinski definition) is 3. The molecule has 3 N–H and O–H groups in total. The maximum absolute atomic E-state index is 10.1. The van der Waals surface area contributed by atoms with Gasteiger partial charge in [-0.2, -0.15) is 0 Å². The first-order valence-electron chi connectivity index (χ1n) is 12.0. The molecule has 0 amide bonds. The SMILES string of the molecule is C=C1/C(=C\C=C2/CCCC3(C)C(C#Cc4ccc(C(C)O)cc4)CCC23)CC(O)CC1O. The molecule has 6 atom stereocenters. The fourth-order valence-electron chi connectivity index (χ4n) is 5.96. The molecule has 3 fully saturated rings. The van der Waals surface area contributed by atoms with Gasteiger partial charge in [-0.1, -0.05) is 55.2 Å². The fraction of sp³-hybridized carbons (Fsp3) is 0.517. The summed E-state index contributed by atoms with van der Waals surface area (Å²) in [5, 5.41) is 29.9. The molecule has 4 rings (SSSR count). The van der Waals surface area contributed by atoms with Crippen molar-refractivity contribution in [2.24, 2.45) is 17.3 Å². The third-order valence-electron chi connectivity index (χ3n) is 8.01. The zero-order valence-electron chi connectivity index (χ0n) is 19.3. The molecule has 3 saturated carbocycles. The summed E-state index contributed by atoms with van der Waals surface area (Å²) < 4.78 is 0. The van der Waals surface area contributed by atoms with E-state index in [2.05, 4.69) is 37.5 Å². The smallest absolute Gasteiger partial charge is 0.0811 e. The number of aliphatic hydroxyl groups is 3. The monoisotopic (exact) mass is 432 g/mol. The Hall–Kier alpha value is -2.12. The van der Waals surface area contributed by atoms with Crippen LogP contribution in [0.25, 0.3) is 0 Å². The van der Waals surface area contributed by atoms with Gasteiger partial charge in [-0.05, 0) is 85.6 Å². The van der Waals surface area contributed by atoms with Crippen LogP contribution < -0.4 is 0 Å². The summed E-state index contributed by atoms with van der Waals surface area (Å²) in [6.07, 6.45) is 9.50. The molecule has 0 radical (unpaired) electrons. The minimum atomic E-state index is -0.638. The highest BCUT2D eigenvalue weighted by Crippen LogP contribution is 2.57. The normalized spacial score (nSPS) is 36.0. The Morgan fingerprint density at radius 1 is 1.16 bits per heavy atom. The van der Waals surface area contributed by atoms with Crippen LogP contribution in [-0.4, -0.2) is 27.5 Å². The molecule has 1 aromatic rings. The van der Waals surface area contributed by atoms with Crippen LogP contribution in [0, 0.1) is 29.1 Å². The standard InChI is InChI=1S/C29H36O3/c1-19-24(17-26(31)18-28(19)32)12-11-23-5-4-16-29(3)25(14-15-27(23)29)13-8-21-6-9-22(10-7-21)20(2)30/h6-7,9-12,20,25-28,30-32H,1,4-5,14-18H2,2-3H3/b23-11+,24-12-. The van der Waals surface area contributed by atoms with Crippen LogP contribution in [0.2, 0.25) is 0 Å². The Morgan fingerprint density at radius 3 is 2.62 bits per heavy atom. The second-order valence-corrected chi connectivity index (χ2v) is 10.2. The lowest BCUT2D eigenvalue weighted by Gasteiger charge is -2.40. The highest BCUT2D eigenvalue weighted by Gasteiger charge is 2.48. The van der Waals surface area contributed by atoms with Gasteiger partial charge in [0, 0.05) is 17.9 Å². The van der Waals surface area contributed by atoms with Crippen LogP contribution in [0.5, 0.6) is 0 Å². The molecule has 0 bridgehead atoms. The van der Waals surface area contributed by atoms with Gasteiger partial charge in [0.25, 0.3) is 0 Å². The molecular weight excluding hydrogens is 396 g/mol. The first-order valence-corrected chi connectivity index (χ1v) is 12.0. The third-order valence-corrected chi connectivity index (χ3v) is 8.01. The van der Waals surface area contributed by atoms with E-state index in [0.29, 0.717) is 24.7 Å². The van der Waals surface area contributed by atoms with Gasteiger partial charge in [-0.25, -0.2) is 0 Å². The van der Waals surface area contributed by atoms with Crippen LogP contribution in [0.1, 0.15) is 76.0 Å². The highest BCUT2D eigenvalue weighted by molar-refractivity contribution is 5.40. The van der Waals surface area contributed by atoms with Crippen molar-refractivity contribution in [3.8, 4) is 11.8 Å². The van der Waals surface area contributed by atoms with Gasteiger partial charge in [-0.3, -0.25) is 0 Å². The third kappa shape index (κ3) is 4.64. The molecular formula is C29H36O3. The summed E-state index contributed by atoms with van der Waals surface area (Å²) in [7, 11) is 0. The van der Waals surface area contributed by atoms with Crippen molar-refractivity contribution in [3.63, 3.8) is 0 Å². The minimum Gasteiger partial charge on any atom is -0.393 e. The Balaban J connectivity index is 1.52. The van der Waals surface area contributed by atoms with E-state index in [1.54, 1.807) is 6.92 Å². The van der Waals surface area contributed by atoms with E-state index < -0.39 is 18.3 Å². The Morgan fingerprint density at radius 2 is 1.91 bits per heavy atom. The summed E-state index contributed by atoms with van der Waals surface area (Å²) in [5.74, 6) is 7.91. The predicted molar refractivity (Wildman–Crippen MR) is 129 cm³/mol. The molecule has 0 spiro atoms. The molecule has 1 aromatic carbocycles. The molecule has 3 heteroatoms. The van der Waals surface area contributed by atoms with E-state index in [0.717, 1.165) is 41.5 Å². The van der Waals surface area contributed by atoms with Crippen molar-refractivity contribution in [1.29, 1.82) is 0 Å². The second kappa shape index (κ2) is 9.40. The second-order valence-electron chi connectivity index (χ2n) is 10.2. The largest absolute Gasteiger partial charge is 0.393 e. The Labute approximate surface area is 192 Å². The molecule has 3 nitrogen and oxygen atoms in total. The molecule has 0 saturated heterocycles. The minimum absolute atomic E-state index is 0.192. The molecule has 0 aliphatic heterocycles. The van der Waals surface area contributed by atoms with Gasteiger partial charge >= 0.3 is 0 Å². The van der Waals surface area contributed by atoms with Crippen LogP contribution in [0.4, 0.5) is 0 Å². The summed E-state index contributed by atoms with van der Waals surface area (Å²) in [6, 6.07) is 7.91. The molecule has 6 unspecified atom stereocenters. The number of allylic oxidation sites excluding steroid dienone is 3. The van der Waals surface area contributed by atoms with Crippen LogP contribution in [0.15, 0.2) is 59.7 Å². The highest BCUT2D eigenvalue weighted by atomic mass is 16.3. The quantitative estimate of drug-likeness (QED) is 0.561. The van der Waals surface area contributed by atoms with Gasteiger partial charge in [-0.15, -0.1) is 0 Å². The van der Waals surface area contributed by atoms with E-state index >= 15 is 0 Å². The average molecular weight is 433 g/mol. The average Bonchev–Trinajstić information content (AvgIpc) is 3.10. The number of hydrogen-bond donors (Lipinski definition) is 3. The summed E-state index contributed by atoms with van der Waals surface area (Å²) >= 11 is 0. The lowest BCUT2D eigenvalue weighted by atomic mass is 9.63. The molecule has 32 heavy (non-hydrogen) atoms. The number of aliphatic hydroxyl groups excluding tert-OH is 3. The molecule has 0 heterocycles. The van der Waals surface area contributed by atoms with Gasteiger partial charge in [0.05, 0.1) is 18.3 Å². The molecule has 0 aromatic heterocycles. The van der Waals surface area contributed by atoms with Gasteiger partial charge in [0.15, 0.2) is 0 Å². The van der Waals surface area contributed by atoms with E-state index in [9.17, 15) is 15.3 Å². The van der Waals surface area contributed by atoms with Crippen molar-refractivity contribution in [2.45, 2.75) is 77.1 Å². The van der Waals surface area contributed by atoms with Crippen molar-refractivity contribution in [3.05, 3.63) is 70.8 Å². The number of fused-ring (bicyclic) bond motifs is 1. The topological polar surface area (TPSA) is 60.7 Å². The summed E-state index contributed by atoms with van der Waals surface area (Å²) in [5.41, 5.74) is 5.33. The zero-order valence-corrected chi connectivity index (χ0v) is 19.3. The fourth-order valence-corrected chi connectivity index (χ4v) is 5.96. The summed E-state index contributed by atoms with van der Waals surface area (Å²) in [6.45, 7) is 8.23. The van der Waals surface area contributed by atoms with Crippen molar-refractivity contribution in [2.75, 3.05) is 0 Å². The van der Waals surface area contributed by atoms with Gasteiger partial charge in [0.2, 0.25) is 0 Å². The van der Waals surface area contributed by atoms with Crippen LogP contribution in [-0.2, 0) is 0 Å². The number of rotatable bonds is 2. The molecule has 3 aliphatic carbocycles. The van der Waals surface area contributed by atoms with Crippen molar-refractivity contribution < 1.29 is 15.3 Å². The van der Waals surface area contributed by atoms with E-state index in [4.69, 9.17) is 0 Å². The predicted octanol–water partition coefficient (Wildman–Crippen LogP) is 5.23. The first-order chi connectivity index (χ1) is 15.3.